The average molecular weight is 393 g/mol. The number of halogens is 1. The number of nitrogens with zero attached hydrogens (tertiary/aromatic N) is 1. The van der Waals surface area contributed by atoms with E-state index in [0.29, 0.717) is 16.5 Å². The summed E-state index contributed by atoms with van der Waals surface area (Å²) in [6.45, 7) is 1.79. The molecule has 0 bridgehead atoms. The summed E-state index contributed by atoms with van der Waals surface area (Å²) in [5.74, 6) is 0.267. The van der Waals surface area contributed by atoms with Crippen molar-refractivity contribution < 1.29 is 14.3 Å². The molecule has 0 radical (unpaired) electrons. The van der Waals surface area contributed by atoms with Gasteiger partial charge in [0.1, 0.15) is 5.75 Å². The molecule has 26 heavy (non-hydrogen) atoms. The number of anilines is 1. The van der Waals surface area contributed by atoms with Gasteiger partial charge in [-0.05, 0) is 43.3 Å². The van der Waals surface area contributed by atoms with Crippen LogP contribution in [0.15, 0.2) is 53.4 Å². The topological polar surface area (TPSA) is 58.6 Å². The number of carbonyl (C=O) groups excluding carboxylic acids is 2. The highest BCUT2D eigenvalue weighted by atomic mass is 35.5. The third-order valence-corrected chi connectivity index (χ3v) is 4.94. The summed E-state index contributed by atoms with van der Waals surface area (Å²) in [6.07, 6.45) is 0. The van der Waals surface area contributed by atoms with Crippen LogP contribution in [0, 0.1) is 0 Å². The van der Waals surface area contributed by atoms with E-state index in [0.717, 1.165) is 4.90 Å². The van der Waals surface area contributed by atoms with Gasteiger partial charge in [0, 0.05) is 28.7 Å². The van der Waals surface area contributed by atoms with Gasteiger partial charge in [-0.2, -0.15) is 0 Å². The number of benzene rings is 2. The van der Waals surface area contributed by atoms with Crippen molar-refractivity contribution in [2.24, 2.45) is 0 Å². The highest BCUT2D eigenvalue weighted by Gasteiger charge is 2.20. The minimum Gasteiger partial charge on any atom is -0.497 e. The molecule has 1 N–H and O–H groups in total. The van der Waals surface area contributed by atoms with Crippen LogP contribution in [0.25, 0.3) is 0 Å². The lowest BCUT2D eigenvalue weighted by Crippen LogP contribution is -2.38. The number of methoxy groups -OCH3 is 1. The van der Waals surface area contributed by atoms with E-state index in [1.54, 1.807) is 50.6 Å². The molecular formula is C19H21ClN2O3S. The first-order valence-electron chi connectivity index (χ1n) is 8.00. The van der Waals surface area contributed by atoms with Crippen molar-refractivity contribution in [3.63, 3.8) is 0 Å². The maximum atomic E-state index is 12.5. The number of nitrogens with one attached hydrogen (secondary N) is 1. The fraction of sp³-hybridized carbons (Fsp3) is 0.263. The van der Waals surface area contributed by atoms with Crippen LogP contribution in [0.3, 0.4) is 0 Å². The number of rotatable bonds is 7. The second-order valence-electron chi connectivity index (χ2n) is 5.69. The van der Waals surface area contributed by atoms with E-state index in [9.17, 15) is 9.59 Å². The van der Waals surface area contributed by atoms with E-state index < -0.39 is 0 Å². The second kappa shape index (κ2) is 9.50. The molecular weight excluding hydrogens is 372 g/mol. The largest absolute Gasteiger partial charge is 0.497 e. The summed E-state index contributed by atoms with van der Waals surface area (Å²) < 4.78 is 5.12. The number of thioether (sulfide) groups is 1. The Morgan fingerprint density at radius 1 is 1.23 bits per heavy atom. The van der Waals surface area contributed by atoms with Crippen LogP contribution < -0.4 is 10.1 Å². The Kier molecular flexibility index (Phi) is 7.36. The molecule has 0 aliphatic heterocycles. The maximum Gasteiger partial charge on any atom is 0.243 e. The van der Waals surface area contributed by atoms with Crippen LogP contribution in [0.5, 0.6) is 5.75 Å². The van der Waals surface area contributed by atoms with Gasteiger partial charge in [0.25, 0.3) is 0 Å². The summed E-state index contributed by atoms with van der Waals surface area (Å²) in [6, 6.07) is 14.4. The minimum atomic E-state index is -0.314. The molecule has 0 fully saturated rings. The average Bonchev–Trinajstić information content (AvgIpc) is 2.62. The first-order valence-corrected chi connectivity index (χ1v) is 9.26. The monoisotopic (exact) mass is 392 g/mol. The molecule has 5 nitrogen and oxygen atoms in total. The summed E-state index contributed by atoms with van der Waals surface area (Å²) in [5, 5.41) is 3.10. The molecule has 0 heterocycles. The van der Waals surface area contributed by atoms with Gasteiger partial charge in [-0.3, -0.25) is 9.59 Å². The van der Waals surface area contributed by atoms with Crippen LogP contribution in [-0.4, -0.2) is 42.7 Å². The van der Waals surface area contributed by atoms with Gasteiger partial charge < -0.3 is 15.0 Å². The van der Waals surface area contributed by atoms with Crippen molar-refractivity contribution >= 4 is 40.9 Å². The van der Waals surface area contributed by atoms with Gasteiger partial charge in [0.05, 0.1) is 18.9 Å². The van der Waals surface area contributed by atoms with Gasteiger partial charge >= 0.3 is 0 Å². The molecule has 0 saturated heterocycles. The van der Waals surface area contributed by atoms with Crippen molar-refractivity contribution in [3.8, 4) is 5.75 Å². The van der Waals surface area contributed by atoms with Gasteiger partial charge in [0.15, 0.2) is 0 Å². The van der Waals surface area contributed by atoms with Crippen molar-refractivity contribution in [1.82, 2.24) is 4.90 Å². The Labute approximate surface area is 162 Å². The Hall–Kier alpha value is -2.18. The molecule has 138 valence electrons. The quantitative estimate of drug-likeness (QED) is 0.725. The number of hydrogen-bond acceptors (Lipinski definition) is 4. The van der Waals surface area contributed by atoms with Crippen molar-refractivity contribution in [2.75, 3.05) is 26.0 Å². The van der Waals surface area contributed by atoms with Crippen LogP contribution in [0.2, 0.25) is 5.02 Å². The first kappa shape index (κ1) is 20.1. The standard InChI is InChI=1S/C19H21ClN2O3S/c1-13(26-17-9-7-14(20)8-10-17)19(24)22(2)12-18(23)21-15-5-4-6-16(11-15)25-3/h4-11,13H,12H2,1-3H3,(H,21,23). The molecule has 0 saturated carbocycles. The van der Waals surface area contributed by atoms with Crippen LogP contribution in [0.4, 0.5) is 5.69 Å². The second-order valence-corrected chi connectivity index (χ2v) is 7.54. The number of likely N-dealkylation sites (N-methyl/N-ethyl adjacent to an activating group) is 1. The highest BCUT2D eigenvalue weighted by molar-refractivity contribution is 8.00. The van der Waals surface area contributed by atoms with E-state index in [4.69, 9.17) is 16.3 Å². The molecule has 0 aromatic heterocycles. The zero-order chi connectivity index (χ0) is 19.1. The fourth-order valence-electron chi connectivity index (χ4n) is 2.27. The van der Waals surface area contributed by atoms with E-state index in [2.05, 4.69) is 5.32 Å². The lowest BCUT2D eigenvalue weighted by molar-refractivity contribution is -0.132. The maximum absolute atomic E-state index is 12.5. The Morgan fingerprint density at radius 2 is 1.92 bits per heavy atom. The minimum absolute atomic E-state index is 0.0262. The Morgan fingerprint density at radius 3 is 2.58 bits per heavy atom. The predicted molar refractivity (Wildman–Crippen MR) is 106 cm³/mol. The Bertz CT molecular complexity index is 768. The molecule has 2 amide bonds. The van der Waals surface area contributed by atoms with Crippen molar-refractivity contribution in [2.45, 2.75) is 17.1 Å². The van der Waals surface area contributed by atoms with E-state index >= 15 is 0 Å². The lowest BCUT2D eigenvalue weighted by atomic mass is 10.3. The fourth-order valence-corrected chi connectivity index (χ4v) is 3.38. The number of carbonyl (C=O) groups is 2. The summed E-state index contributed by atoms with van der Waals surface area (Å²) in [5.41, 5.74) is 0.624. The molecule has 2 aromatic carbocycles. The zero-order valence-electron chi connectivity index (χ0n) is 14.9. The molecule has 7 heteroatoms. The summed E-state index contributed by atoms with van der Waals surface area (Å²) >= 11 is 7.29. The molecule has 1 unspecified atom stereocenters. The van der Waals surface area contributed by atoms with Crippen molar-refractivity contribution in [1.29, 1.82) is 0 Å². The number of amides is 2. The van der Waals surface area contributed by atoms with Gasteiger partial charge in [-0.25, -0.2) is 0 Å². The zero-order valence-corrected chi connectivity index (χ0v) is 16.4. The van der Waals surface area contributed by atoms with Crippen LogP contribution in [0.1, 0.15) is 6.92 Å². The molecule has 0 aliphatic carbocycles. The number of ether oxygens (including phenoxy) is 1. The molecule has 2 aromatic rings. The van der Waals surface area contributed by atoms with Gasteiger partial charge in [0.2, 0.25) is 11.8 Å². The predicted octanol–water partition coefficient (Wildman–Crippen LogP) is 3.93. The third kappa shape index (κ3) is 5.97. The molecule has 0 aliphatic rings. The summed E-state index contributed by atoms with van der Waals surface area (Å²) in [7, 11) is 3.18. The third-order valence-electron chi connectivity index (χ3n) is 3.58. The molecule has 0 spiro atoms. The van der Waals surface area contributed by atoms with E-state index in [1.165, 1.54) is 16.7 Å². The molecule has 1 atom stereocenters. The molecule has 2 rings (SSSR count). The van der Waals surface area contributed by atoms with Gasteiger partial charge in [-0.1, -0.05) is 17.7 Å². The smallest absolute Gasteiger partial charge is 0.243 e. The SMILES string of the molecule is COc1cccc(NC(=O)CN(C)C(=O)C(C)Sc2ccc(Cl)cc2)c1. The highest BCUT2D eigenvalue weighted by Crippen LogP contribution is 2.25. The van der Waals surface area contributed by atoms with E-state index in [1.807, 2.05) is 19.1 Å². The number of hydrogen-bond donors (Lipinski definition) is 1. The van der Waals surface area contributed by atoms with Crippen LogP contribution >= 0.6 is 23.4 Å². The van der Waals surface area contributed by atoms with Gasteiger partial charge in [-0.15, -0.1) is 11.8 Å². The van der Waals surface area contributed by atoms with Crippen LogP contribution in [-0.2, 0) is 9.59 Å². The normalized spacial score (nSPS) is 11.5. The Balaban J connectivity index is 1.88. The van der Waals surface area contributed by atoms with E-state index in [-0.39, 0.29) is 23.6 Å². The lowest BCUT2D eigenvalue weighted by Gasteiger charge is -2.20. The first-order chi connectivity index (χ1) is 12.4. The summed E-state index contributed by atoms with van der Waals surface area (Å²) in [4.78, 5) is 27.0. The van der Waals surface area contributed by atoms with Crippen molar-refractivity contribution in [3.05, 3.63) is 53.6 Å².